The zero-order valence-electron chi connectivity index (χ0n) is 6.39. The van der Waals surface area contributed by atoms with Crippen molar-refractivity contribution in [1.82, 2.24) is 9.97 Å². The zero-order valence-corrected chi connectivity index (χ0v) is 8.55. The summed E-state index contributed by atoms with van der Waals surface area (Å²) in [5, 5.41) is 0. The van der Waals surface area contributed by atoms with Crippen LogP contribution in [0.1, 0.15) is 11.4 Å². The SMILES string of the molecule is C=IC(F)(F)c1cnc(C)cn1. The minimum atomic E-state index is -2.85. The van der Waals surface area contributed by atoms with Gasteiger partial charge in [-0.2, -0.15) is 8.78 Å². The van der Waals surface area contributed by atoms with Crippen molar-refractivity contribution in [2.45, 2.75) is 10.9 Å². The summed E-state index contributed by atoms with van der Waals surface area (Å²) in [5.41, 5.74) is 0.368. The third-order valence-electron chi connectivity index (χ3n) is 1.24. The van der Waals surface area contributed by atoms with Crippen molar-refractivity contribution in [3.05, 3.63) is 23.8 Å². The fourth-order valence-electron chi connectivity index (χ4n) is 0.607. The lowest BCUT2D eigenvalue weighted by Gasteiger charge is -2.08. The van der Waals surface area contributed by atoms with Crippen molar-refractivity contribution in [3.8, 4) is 0 Å². The number of hydrogen-bond donors (Lipinski definition) is 0. The lowest BCUT2D eigenvalue weighted by atomic mass is 10.4. The predicted molar refractivity (Wildman–Crippen MR) is 51.8 cm³/mol. The summed E-state index contributed by atoms with van der Waals surface area (Å²) in [6.07, 6.45) is 2.45. The molecule has 0 radical (unpaired) electrons. The molecule has 66 valence electrons. The van der Waals surface area contributed by atoms with Gasteiger partial charge >= 0.3 is 3.93 Å². The number of aryl methyl sites for hydroxylation is 1. The van der Waals surface area contributed by atoms with Gasteiger partial charge in [0.25, 0.3) is 0 Å². The summed E-state index contributed by atoms with van der Waals surface area (Å²) >= 11 is -1.41. The number of halogens is 3. The third-order valence-corrected chi connectivity index (χ3v) is 2.75. The van der Waals surface area contributed by atoms with Gasteiger partial charge in [0, 0.05) is 6.20 Å². The molecule has 0 amide bonds. The standard InChI is InChI=1S/C7H7F2IN2/c1-5-3-12-6(4-11-5)7(8,9)10-2/h3-4H,2H2,1H3. The van der Waals surface area contributed by atoms with Crippen molar-refractivity contribution in [2.24, 2.45) is 0 Å². The molecule has 1 heterocycles. The van der Waals surface area contributed by atoms with Gasteiger partial charge in [-0.1, -0.05) is 4.51 Å². The molecule has 2 nitrogen and oxygen atoms in total. The molecule has 0 saturated carbocycles. The Labute approximate surface area is 78.8 Å². The molecule has 0 saturated heterocycles. The Morgan fingerprint density at radius 1 is 1.42 bits per heavy atom. The topological polar surface area (TPSA) is 25.8 Å². The van der Waals surface area contributed by atoms with Crippen LogP contribution in [0.4, 0.5) is 8.78 Å². The van der Waals surface area contributed by atoms with Crippen molar-refractivity contribution in [2.75, 3.05) is 0 Å². The van der Waals surface area contributed by atoms with E-state index in [4.69, 9.17) is 0 Å². The van der Waals surface area contributed by atoms with E-state index in [0.29, 0.717) is 5.69 Å². The molecule has 0 bridgehead atoms. The van der Waals surface area contributed by atoms with Crippen molar-refractivity contribution in [3.63, 3.8) is 0 Å². The van der Waals surface area contributed by atoms with Crippen LogP contribution in [-0.2, 0) is 3.93 Å². The highest BCUT2D eigenvalue weighted by Crippen LogP contribution is 2.36. The summed E-state index contributed by atoms with van der Waals surface area (Å²) in [6.45, 7) is 1.70. The van der Waals surface area contributed by atoms with E-state index in [1.165, 1.54) is 6.20 Å². The maximum atomic E-state index is 12.9. The fraction of sp³-hybridized carbons (Fsp3) is 0.286. The first-order valence-corrected chi connectivity index (χ1v) is 5.73. The smallest absolute Gasteiger partial charge is 0.258 e. The Bertz CT molecular complexity index is 284. The summed E-state index contributed by atoms with van der Waals surface area (Å²) in [6, 6.07) is 0. The van der Waals surface area contributed by atoms with Crippen LogP contribution < -0.4 is 0 Å². The van der Waals surface area contributed by atoms with Gasteiger partial charge in [-0.3, -0.25) is 9.97 Å². The maximum absolute atomic E-state index is 12.9. The van der Waals surface area contributed by atoms with E-state index in [2.05, 4.69) is 14.5 Å². The number of rotatable bonds is 2. The normalized spacial score (nSPS) is 11.6. The quantitative estimate of drug-likeness (QED) is 0.615. The van der Waals surface area contributed by atoms with E-state index in [1.54, 1.807) is 6.92 Å². The minimum Gasteiger partial charge on any atom is -0.258 e. The van der Waals surface area contributed by atoms with Crippen molar-refractivity contribution < 1.29 is 8.78 Å². The van der Waals surface area contributed by atoms with Crippen LogP contribution in [0.2, 0.25) is 0 Å². The van der Waals surface area contributed by atoms with E-state index < -0.39 is 24.7 Å². The molecule has 0 fully saturated rings. The van der Waals surface area contributed by atoms with Crippen LogP contribution in [0.5, 0.6) is 0 Å². The van der Waals surface area contributed by atoms with E-state index in [1.807, 2.05) is 0 Å². The molecule has 0 aliphatic carbocycles. The molecule has 1 rings (SSSR count). The van der Waals surface area contributed by atoms with Gasteiger partial charge < -0.3 is 0 Å². The summed E-state index contributed by atoms with van der Waals surface area (Å²) in [5.74, 6) is 0. The maximum Gasteiger partial charge on any atom is 0.334 e. The van der Waals surface area contributed by atoms with Crippen LogP contribution in [0.15, 0.2) is 12.4 Å². The second-order valence-electron chi connectivity index (χ2n) is 2.17. The second kappa shape index (κ2) is 3.51. The molecule has 0 aliphatic heterocycles. The number of aromatic nitrogens is 2. The molecular formula is C7H7F2IN2. The van der Waals surface area contributed by atoms with E-state index in [9.17, 15) is 8.78 Å². The molecule has 0 aromatic carbocycles. The van der Waals surface area contributed by atoms with Gasteiger partial charge in [0.1, 0.15) is 5.69 Å². The average Bonchev–Trinajstić information content (AvgIpc) is 2.05. The first-order valence-electron chi connectivity index (χ1n) is 3.13. The molecule has 0 spiro atoms. The Morgan fingerprint density at radius 3 is 2.50 bits per heavy atom. The predicted octanol–water partition coefficient (Wildman–Crippen LogP) is 2.24. The molecule has 0 N–H and O–H groups in total. The Hall–Kier alpha value is -0.460. The van der Waals surface area contributed by atoms with E-state index in [-0.39, 0.29) is 5.69 Å². The number of nitrogens with zero attached hydrogens (tertiary/aromatic N) is 2. The van der Waals surface area contributed by atoms with Gasteiger partial charge in [0.2, 0.25) is 0 Å². The Morgan fingerprint density at radius 2 is 2.08 bits per heavy atom. The van der Waals surface area contributed by atoms with Gasteiger partial charge in [-0.25, -0.2) is 0 Å². The number of alkyl halides is 3. The average molecular weight is 284 g/mol. The molecular weight excluding hydrogens is 277 g/mol. The third kappa shape index (κ3) is 2.02. The van der Waals surface area contributed by atoms with Gasteiger partial charge in [-0.05, 0) is 27.7 Å². The molecule has 0 atom stereocenters. The second-order valence-corrected chi connectivity index (χ2v) is 4.29. The molecule has 0 unspecified atom stereocenters. The Kier molecular flexibility index (Phi) is 2.81. The summed E-state index contributed by atoms with van der Waals surface area (Å²) < 4.78 is 26.2. The first-order chi connectivity index (χ1) is 5.56. The monoisotopic (exact) mass is 284 g/mol. The van der Waals surface area contributed by atoms with Crippen LogP contribution in [-0.4, -0.2) is 14.5 Å². The van der Waals surface area contributed by atoms with Gasteiger partial charge in [0.15, 0.2) is 0 Å². The van der Waals surface area contributed by atoms with E-state index in [0.717, 1.165) is 6.20 Å². The lowest BCUT2D eigenvalue weighted by Crippen LogP contribution is -2.07. The number of hydrogen-bond acceptors (Lipinski definition) is 2. The highest BCUT2D eigenvalue weighted by molar-refractivity contribution is 14.2. The van der Waals surface area contributed by atoms with E-state index >= 15 is 0 Å². The first kappa shape index (κ1) is 9.63. The van der Waals surface area contributed by atoms with Crippen molar-refractivity contribution in [1.29, 1.82) is 0 Å². The highest BCUT2D eigenvalue weighted by Gasteiger charge is 2.29. The van der Waals surface area contributed by atoms with Crippen LogP contribution in [0.25, 0.3) is 0 Å². The summed E-state index contributed by atoms with van der Waals surface area (Å²) in [4.78, 5) is 7.34. The zero-order chi connectivity index (χ0) is 9.19. The largest absolute Gasteiger partial charge is 0.334 e. The molecule has 0 aliphatic rings. The fourth-order valence-corrected chi connectivity index (χ4v) is 1.28. The molecule has 1 aromatic rings. The van der Waals surface area contributed by atoms with Gasteiger partial charge in [-0.15, -0.1) is 0 Å². The lowest BCUT2D eigenvalue weighted by molar-refractivity contribution is 0.121. The summed E-state index contributed by atoms with van der Waals surface area (Å²) in [7, 11) is 0. The van der Waals surface area contributed by atoms with Gasteiger partial charge in [0.05, 0.1) is 11.9 Å². The van der Waals surface area contributed by atoms with Crippen LogP contribution >= 0.6 is 20.7 Å². The minimum absolute atomic E-state index is 0.268. The molecule has 12 heavy (non-hydrogen) atoms. The van der Waals surface area contributed by atoms with Crippen LogP contribution in [0, 0.1) is 6.92 Å². The molecule has 1 aromatic heterocycles. The Balaban J connectivity index is 3.04. The molecule has 5 heteroatoms. The van der Waals surface area contributed by atoms with Crippen molar-refractivity contribution >= 4 is 25.2 Å². The van der Waals surface area contributed by atoms with Crippen LogP contribution in [0.3, 0.4) is 0 Å². The highest BCUT2D eigenvalue weighted by atomic mass is 127.